The first kappa shape index (κ1) is 20.8. The minimum absolute atomic E-state index is 0.0152. The zero-order valence-corrected chi connectivity index (χ0v) is 18.7. The van der Waals surface area contributed by atoms with E-state index in [0.29, 0.717) is 0 Å². The fourth-order valence-corrected chi connectivity index (χ4v) is 6.36. The molecule has 1 N–H and O–H groups in total. The van der Waals surface area contributed by atoms with E-state index in [1.807, 2.05) is 12.1 Å². The highest BCUT2D eigenvalue weighted by Crippen LogP contribution is 2.43. The van der Waals surface area contributed by atoms with Crippen molar-refractivity contribution in [3.05, 3.63) is 53.3 Å². The van der Waals surface area contributed by atoms with E-state index in [9.17, 15) is 9.18 Å². The number of fused-ring (bicyclic) bond motifs is 3. The normalized spacial score (nSPS) is 21.4. The number of benzene rings is 2. The van der Waals surface area contributed by atoms with E-state index in [0.717, 1.165) is 63.4 Å². The van der Waals surface area contributed by atoms with Gasteiger partial charge in [0.2, 0.25) is 5.91 Å². The number of aryl methyl sites for hydroxylation is 1. The Hall–Kier alpha value is -2.05. The molecule has 4 nitrogen and oxygen atoms in total. The van der Waals surface area contributed by atoms with Gasteiger partial charge in [-0.25, -0.2) is 4.39 Å². The van der Waals surface area contributed by atoms with Gasteiger partial charge in [-0.05, 0) is 86.5 Å². The molecule has 2 aromatic carbocycles. The Morgan fingerprint density at radius 2 is 1.77 bits per heavy atom. The molecule has 2 heterocycles. The van der Waals surface area contributed by atoms with Crippen LogP contribution in [0.25, 0.3) is 0 Å². The van der Waals surface area contributed by atoms with Gasteiger partial charge in [0, 0.05) is 36.8 Å². The molecule has 1 atom stereocenters. The first-order valence-corrected chi connectivity index (χ1v) is 12.4. The lowest BCUT2D eigenvalue weighted by Gasteiger charge is -2.36. The van der Waals surface area contributed by atoms with Crippen molar-refractivity contribution in [2.75, 3.05) is 42.9 Å². The van der Waals surface area contributed by atoms with Crippen molar-refractivity contribution >= 4 is 29.0 Å². The van der Waals surface area contributed by atoms with Gasteiger partial charge < -0.3 is 10.2 Å². The average Bonchev–Trinajstić information content (AvgIpc) is 2.80. The smallest absolute Gasteiger partial charge is 0.237 e. The average molecular weight is 440 g/mol. The second-order valence-corrected chi connectivity index (χ2v) is 10.0. The number of hydrogen-bond acceptors (Lipinski definition) is 4. The van der Waals surface area contributed by atoms with E-state index in [2.05, 4.69) is 27.2 Å². The number of nitrogens with one attached hydrogen (secondary N) is 1. The third-order valence-corrected chi connectivity index (χ3v) is 8.23. The molecule has 1 aliphatic carbocycles. The van der Waals surface area contributed by atoms with Crippen molar-refractivity contribution < 1.29 is 9.18 Å². The number of halogens is 1. The van der Waals surface area contributed by atoms with Gasteiger partial charge in [-0.1, -0.05) is 6.07 Å². The van der Waals surface area contributed by atoms with Crippen molar-refractivity contribution in [1.29, 1.82) is 0 Å². The largest absolute Gasteiger partial charge is 0.369 e. The summed E-state index contributed by atoms with van der Waals surface area (Å²) in [5.41, 5.74) is 5.07. The molecule has 0 saturated carbocycles. The van der Waals surface area contributed by atoms with Crippen molar-refractivity contribution in [3.8, 4) is 0 Å². The van der Waals surface area contributed by atoms with Crippen LogP contribution in [0, 0.1) is 5.82 Å². The fourth-order valence-electron chi connectivity index (χ4n) is 5.01. The molecule has 0 spiro atoms. The maximum atomic E-state index is 13.1. The first-order chi connectivity index (χ1) is 15.2. The maximum Gasteiger partial charge on any atom is 0.237 e. The number of piperazine rings is 1. The first-order valence-electron chi connectivity index (χ1n) is 11.5. The lowest BCUT2D eigenvalue weighted by molar-refractivity contribution is -0.116. The van der Waals surface area contributed by atoms with Crippen LogP contribution in [0.15, 0.2) is 41.3 Å². The summed E-state index contributed by atoms with van der Waals surface area (Å²) in [6, 6.07) is 11.1. The van der Waals surface area contributed by atoms with E-state index < -0.39 is 0 Å². The van der Waals surface area contributed by atoms with E-state index >= 15 is 0 Å². The number of hydrogen-bond donors (Lipinski definition) is 1. The summed E-state index contributed by atoms with van der Waals surface area (Å²) in [5, 5.41) is 3.18. The Labute approximate surface area is 188 Å². The van der Waals surface area contributed by atoms with Gasteiger partial charge in [-0.15, -0.1) is 11.8 Å². The van der Waals surface area contributed by atoms with Crippen molar-refractivity contribution in [1.82, 2.24) is 4.90 Å². The molecule has 1 amide bonds. The summed E-state index contributed by atoms with van der Waals surface area (Å²) in [4.78, 5) is 18.8. The quantitative estimate of drug-likeness (QED) is 0.731. The van der Waals surface area contributed by atoms with Crippen LogP contribution in [-0.4, -0.2) is 48.8 Å². The summed E-state index contributed by atoms with van der Waals surface area (Å²) in [6.07, 6.45) is 6.80. The molecule has 0 radical (unpaired) electrons. The molecule has 1 saturated heterocycles. The Morgan fingerprint density at radius 3 is 2.58 bits per heavy atom. The van der Waals surface area contributed by atoms with E-state index in [1.165, 1.54) is 47.4 Å². The summed E-state index contributed by atoms with van der Waals surface area (Å²) >= 11 is 1.80. The second kappa shape index (κ2) is 9.21. The topological polar surface area (TPSA) is 35.6 Å². The van der Waals surface area contributed by atoms with Gasteiger partial charge in [0.25, 0.3) is 0 Å². The van der Waals surface area contributed by atoms with Crippen LogP contribution in [0.4, 0.5) is 15.8 Å². The van der Waals surface area contributed by atoms with Crippen molar-refractivity contribution in [3.63, 3.8) is 0 Å². The fraction of sp³-hybridized carbons (Fsp3) is 0.480. The molecule has 2 aliphatic heterocycles. The lowest BCUT2D eigenvalue weighted by atomic mass is 9.91. The number of thioether (sulfide) groups is 1. The predicted molar refractivity (Wildman–Crippen MR) is 126 cm³/mol. The molecule has 0 aromatic heterocycles. The molecule has 31 heavy (non-hydrogen) atoms. The molecule has 1 unspecified atom stereocenters. The van der Waals surface area contributed by atoms with Crippen LogP contribution in [-0.2, 0) is 17.6 Å². The van der Waals surface area contributed by atoms with Gasteiger partial charge in [0.15, 0.2) is 0 Å². The third kappa shape index (κ3) is 4.60. The summed E-state index contributed by atoms with van der Waals surface area (Å²) in [7, 11) is 0. The van der Waals surface area contributed by atoms with E-state index in [4.69, 9.17) is 0 Å². The van der Waals surface area contributed by atoms with Gasteiger partial charge in [0.1, 0.15) is 5.82 Å². The number of amides is 1. The number of carbonyl (C=O) groups excluding carboxylic acids is 1. The summed E-state index contributed by atoms with van der Waals surface area (Å²) in [5.74, 6) is -0.0236. The number of rotatable bonds is 5. The summed E-state index contributed by atoms with van der Waals surface area (Å²) in [6.45, 7) is 4.98. The van der Waals surface area contributed by atoms with Crippen molar-refractivity contribution in [2.45, 2.75) is 48.7 Å². The Bertz CT molecular complexity index is 941. The Balaban J connectivity index is 1.12. The minimum atomic E-state index is -0.185. The van der Waals surface area contributed by atoms with E-state index in [1.54, 1.807) is 11.8 Å². The van der Waals surface area contributed by atoms with Gasteiger partial charge in [-0.3, -0.25) is 9.69 Å². The van der Waals surface area contributed by atoms with Crippen LogP contribution in [0.2, 0.25) is 0 Å². The van der Waals surface area contributed by atoms with Crippen LogP contribution < -0.4 is 10.2 Å². The van der Waals surface area contributed by atoms with Gasteiger partial charge >= 0.3 is 0 Å². The maximum absolute atomic E-state index is 13.1. The highest BCUT2D eigenvalue weighted by atomic mass is 32.2. The molecule has 1 fully saturated rings. The van der Waals surface area contributed by atoms with Crippen LogP contribution in [0.3, 0.4) is 0 Å². The highest BCUT2D eigenvalue weighted by Gasteiger charge is 2.30. The van der Waals surface area contributed by atoms with Gasteiger partial charge in [0.05, 0.1) is 10.9 Å². The zero-order valence-electron chi connectivity index (χ0n) is 17.9. The number of carbonyl (C=O) groups is 1. The Morgan fingerprint density at radius 1 is 1.00 bits per heavy atom. The molecular weight excluding hydrogens is 409 g/mol. The van der Waals surface area contributed by atoms with Crippen molar-refractivity contribution in [2.24, 2.45) is 0 Å². The standard InChI is InChI=1S/C25H30FN3OS/c26-19-8-10-20(11-9-19)29-16-14-28(15-17-29)13-3-6-23-25(30)27-22-12-7-18-4-1-2-5-21(18)24(22)31-23/h7-12,23H,1-6,13-17H2,(H,27,30). The van der Waals surface area contributed by atoms with E-state index in [-0.39, 0.29) is 17.0 Å². The second-order valence-electron chi connectivity index (χ2n) is 8.83. The summed E-state index contributed by atoms with van der Waals surface area (Å²) < 4.78 is 13.1. The molecule has 2 aromatic rings. The SMILES string of the molecule is O=C1Nc2ccc3c(c2SC1CCCN1CCN(c2ccc(F)cc2)CC1)CCCC3. The highest BCUT2D eigenvalue weighted by molar-refractivity contribution is 8.01. The predicted octanol–water partition coefficient (Wildman–Crippen LogP) is 4.72. The third-order valence-electron chi connectivity index (χ3n) is 6.80. The molecule has 6 heteroatoms. The monoisotopic (exact) mass is 439 g/mol. The number of anilines is 2. The molecule has 164 valence electrons. The van der Waals surface area contributed by atoms with Crippen LogP contribution in [0.1, 0.15) is 36.8 Å². The molecule has 5 rings (SSSR count). The zero-order chi connectivity index (χ0) is 21.2. The molecular formula is C25H30FN3OS. The minimum Gasteiger partial charge on any atom is -0.369 e. The van der Waals surface area contributed by atoms with Gasteiger partial charge in [-0.2, -0.15) is 0 Å². The van der Waals surface area contributed by atoms with Crippen LogP contribution >= 0.6 is 11.8 Å². The molecule has 3 aliphatic rings. The Kier molecular flexibility index (Phi) is 6.19. The molecule has 0 bridgehead atoms. The number of nitrogens with zero attached hydrogens (tertiary/aromatic N) is 2. The van der Waals surface area contributed by atoms with Crippen LogP contribution in [0.5, 0.6) is 0 Å². The lowest BCUT2D eigenvalue weighted by Crippen LogP contribution is -2.46.